The molecule has 0 bridgehead atoms. The lowest BCUT2D eigenvalue weighted by Crippen LogP contribution is -2.46. The van der Waals surface area contributed by atoms with Crippen molar-refractivity contribution in [3.05, 3.63) is 144 Å². The number of anilines is 1. The Morgan fingerprint density at radius 3 is 2.05 bits per heavy atom. The molecule has 1 N–H and O–H groups in total. The second kappa shape index (κ2) is 19.9. The minimum atomic E-state index is -2.46. The van der Waals surface area contributed by atoms with Crippen molar-refractivity contribution >= 4 is 31.4 Å². The van der Waals surface area contributed by atoms with Crippen LogP contribution < -0.4 is 14.4 Å². The van der Waals surface area contributed by atoms with Crippen LogP contribution in [0.2, 0.25) is 0 Å². The molecule has 0 saturated carbocycles. The summed E-state index contributed by atoms with van der Waals surface area (Å²) in [5.74, 6) is 1.20. The van der Waals surface area contributed by atoms with E-state index in [-0.39, 0.29) is 42.0 Å². The monoisotopic (exact) mass is 889 g/mol. The van der Waals surface area contributed by atoms with Gasteiger partial charge in [-0.3, -0.25) is 14.3 Å². The minimum Gasteiger partial charge on any atom is -0.497 e. The van der Waals surface area contributed by atoms with Crippen molar-refractivity contribution in [3.8, 4) is 17.6 Å². The molecule has 2 aromatic heterocycles. The van der Waals surface area contributed by atoms with Crippen molar-refractivity contribution < 1.29 is 37.5 Å². The first-order chi connectivity index (χ1) is 30.8. The summed E-state index contributed by atoms with van der Waals surface area (Å²) in [4.78, 5) is 40.4. The number of halogens is 1. The standard InChI is InChI=1S/C48H53FN7O7P/c1-32(2)56(47(3,4)27-14-28-50)64(58)63-42-39(62-46(40(42)49)55-31-53-41-43(51-30-52-44(41)55)54(5)45(57)33-15-10-8-11-16-33)29-61-48(34-17-12-9-13-18-34,35-19-23-37(59-6)24-20-35)36-21-25-38(60-7)26-22-36/h8-13,15-26,30-32,39-40,42,46,58H,14,27,29H2,1-7H3/t39-,40-,42-,46-,64?/m1/s1. The Bertz CT molecular complexity index is 2480. The van der Waals surface area contributed by atoms with E-state index in [0.717, 1.165) is 16.7 Å². The predicted molar refractivity (Wildman–Crippen MR) is 241 cm³/mol. The summed E-state index contributed by atoms with van der Waals surface area (Å²) in [6.07, 6.45) is -2.38. The van der Waals surface area contributed by atoms with Gasteiger partial charge in [-0.05, 0) is 87.2 Å². The van der Waals surface area contributed by atoms with Gasteiger partial charge in [-0.15, -0.1) is 0 Å². The average Bonchev–Trinajstić information content (AvgIpc) is 3.88. The highest BCUT2D eigenvalue weighted by molar-refractivity contribution is 7.43. The normalized spacial score (nSPS) is 18.3. The fraction of sp³-hybridized carbons (Fsp3) is 0.354. The molecule has 0 aliphatic carbocycles. The molecule has 1 fully saturated rings. The van der Waals surface area contributed by atoms with Gasteiger partial charge in [-0.1, -0.05) is 72.8 Å². The van der Waals surface area contributed by atoms with E-state index in [1.165, 1.54) is 22.1 Å². The lowest BCUT2D eigenvalue weighted by atomic mass is 9.80. The third-order valence-corrected chi connectivity index (χ3v) is 13.3. The number of alkyl halides is 1. The lowest BCUT2D eigenvalue weighted by molar-refractivity contribution is -0.0918. The number of carbonyl (C=O) groups excluding carboxylic acids is 1. The number of hydrogen-bond acceptors (Lipinski definition) is 12. The van der Waals surface area contributed by atoms with Crippen molar-refractivity contribution in [3.63, 3.8) is 0 Å². The largest absolute Gasteiger partial charge is 0.497 e. The number of nitriles is 1. The highest BCUT2D eigenvalue weighted by Crippen LogP contribution is 2.51. The van der Waals surface area contributed by atoms with Crippen LogP contribution in [0.4, 0.5) is 10.2 Å². The van der Waals surface area contributed by atoms with Gasteiger partial charge in [0.2, 0.25) is 0 Å². The van der Waals surface area contributed by atoms with Crippen LogP contribution in [-0.2, 0) is 19.6 Å². The molecule has 5 atom stereocenters. The first kappa shape index (κ1) is 46.2. The third-order valence-electron chi connectivity index (χ3n) is 11.5. The van der Waals surface area contributed by atoms with Crippen LogP contribution in [-0.4, -0.2) is 92.8 Å². The van der Waals surface area contributed by atoms with Crippen LogP contribution >= 0.6 is 8.53 Å². The average molecular weight is 890 g/mol. The molecule has 0 spiro atoms. The number of aromatic nitrogens is 4. The summed E-state index contributed by atoms with van der Waals surface area (Å²) in [5, 5.41) is 9.45. The first-order valence-electron chi connectivity index (χ1n) is 20.9. The van der Waals surface area contributed by atoms with E-state index >= 15 is 4.39 Å². The van der Waals surface area contributed by atoms with Crippen LogP contribution in [0, 0.1) is 11.3 Å². The van der Waals surface area contributed by atoms with E-state index in [2.05, 4.69) is 21.0 Å². The van der Waals surface area contributed by atoms with Gasteiger partial charge in [-0.2, -0.15) is 5.26 Å². The van der Waals surface area contributed by atoms with Gasteiger partial charge >= 0.3 is 0 Å². The molecule has 6 aromatic rings. The second-order valence-electron chi connectivity index (χ2n) is 16.3. The van der Waals surface area contributed by atoms with Gasteiger partial charge in [0.05, 0.1) is 33.2 Å². The number of methoxy groups -OCH3 is 2. The predicted octanol–water partition coefficient (Wildman–Crippen LogP) is 8.76. The molecule has 3 heterocycles. The number of fused-ring (bicyclic) bond motifs is 1. The number of ether oxygens (including phenoxy) is 4. The molecule has 4 aromatic carbocycles. The van der Waals surface area contributed by atoms with Crippen molar-refractivity contribution in [2.75, 3.05) is 32.8 Å². The van der Waals surface area contributed by atoms with Gasteiger partial charge in [0.25, 0.3) is 14.4 Å². The first-order valence-corrected chi connectivity index (χ1v) is 22.1. The molecule has 334 valence electrons. The Morgan fingerprint density at radius 1 is 0.906 bits per heavy atom. The molecule has 1 unspecified atom stereocenters. The highest BCUT2D eigenvalue weighted by atomic mass is 31.2. The molecular formula is C48H53FN7O7P. The number of carbonyl (C=O) groups is 1. The van der Waals surface area contributed by atoms with Gasteiger partial charge in [0.15, 0.2) is 29.4 Å². The summed E-state index contributed by atoms with van der Waals surface area (Å²) in [6, 6.07) is 35.5. The Hall–Kier alpha value is -5.85. The van der Waals surface area contributed by atoms with Gasteiger partial charge in [0.1, 0.15) is 35.6 Å². The summed E-state index contributed by atoms with van der Waals surface area (Å²) < 4.78 is 52.3. The molecule has 7 rings (SSSR count). The number of imidazole rings is 1. The zero-order valence-electron chi connectivity index (χ0n) is 36.9. The molecule has 1 aliphatic rings. The van der Waals surface area contributed by atoms with Crippen LogP contribution in [0.25, 0.3) is 11.2 Å². The molecule has 1 saturated heterocycles. The third kappa shape index (κ3) is 9.21. The van der Waals surface area contributed by atoms with Crippen LogP contribution in [0.5, 0.6) is 11.5 Å². The van der Waals surface area contributed by atoms with Crippen LogP contribution in [0.1, 0.15) is 73.8 Å². The maximum atomic E-state index is 17.6. The number of hydrogen-bond donors (Lipinski definition) is 1. The Morgan fingerprint density at radius 2 is 1.48 bits per heavy atom. The molecule has 1 amide bonds. The van der Waals surface area contributed by atoms with Crippen LogP contribution in [0.3, 0.4) is 0 Å². The quantitative estimate of drug-likeness (QED) is 0.0648. The SMILES string of the molecule is COc1ccc(C(OC[C@H]2O[C@@H](n3cnc4c(N(C)C(=O)c5ccccc5)ncnc43)[C@H](F)[C@@H]2OP(O)N(C(C)C)C(C)(C)CCC#N)(c2ccccc2)c2ccc(OC)cc2)cc1. The van der Waals surface area contributed by atoms with Crippen molar-refractivity contribution in [1.29, 1.82) is 5.26 Å². The number of benzene rings is 4. The smallest absolute Gasteiger partial charge is 0.259 e. The van der Waals surface area contributed by atoms with Crippen molar-refractivity contribution in [2.24, 2.45) is 0 Å². The second-order valence-corrected chi connectivity index (χ2v) is 17.5. The molecule has 64 heavy (non-hydrogen) atoms. The topological polar surface area (TPSA) is 157 Å². The van der Waals surface area contributed by atoms with Gasteiger partial charge < -0.3 is 28.4 Å². The van der Waals surface area contributed by atoms with Gasteiger partial charge in [-0.25, -0.2) is 24.0 Å². The van der Waals surface area contributed by atoms with E-state index in [4.69, 9.17) is 23.5 Å². The Balaban J connectivity index is 1.31. The minimum absolute atomic E-state index is 0.216. The summed E-state index contributed by atoms with van der Waals surface area (Å²) in [7, 11) is 2.32. The fourth-order valence-electron chi connectivity index (χ4n) is 8.37. The van der Waals surface area contributed by atoms with E-state index < -0.39 is 44.3 Å². The van der Waals surface area contributed by atoms with Crippen molar-refractivity contribution in [2.45, 2.75) is 82.3 Å². The van der Waals surface area contributed by atoms with Crippen molar-refractivity contribution in [1.82, 2.24) is 24.2 Å². The lowest BCUT2D eigenvalue weighted by Gasteiger charge is -2.43. The van der Waals surface area contributed by atoms with E-state index in [1.54, 1.807) is 50.2 Å². The number of amides is 1. The highest BCUT2D eigenvalue weighted by Gasteiger charge is 2.52. The molecule has 14 nitrogen and oxygen atoms in total. The number of rotatable bonds is 18. The molecule has 0 radical (unpaired) electrons. The maximum absolute atomic E-state index is 17.6. The number of nitrogens with zero attached hydrogens (tertiary/aromatic N) is 7. The van der Waals surface area contributed by atoms with E-state index in [9.17, 15) is 14.9 Å². The van der Waals surface area contributed by atoms with Gasteiger partial charge in [0, 0.05) is 30.6 Å². The summed E-state index contributed by atoms with van der Waals surface area (Å²) >= 11 is 0. The molecule has 16 heteroatoms. The van der Waals surface area contributed by atoms with E-state index in [1.807, 2.05) is 113 Å². The molecular weight excluding hydrogens is 837 g/mol. The van der Waals surface area contributed by atoms with E-state index in [0.29, 0.717) is 23.5 Å². The summed E-state index contributed by atoms with van der Waals surface area (Å²) in [5.41, 5.74) is 1.22. The zero-order chi connectivity index (χ0) is 45.6. The fourth-order valence-corrected chi connectivity index (χ4v) is 9.90. The molecule has 1 aliphatic heterocycles. The van der Waals surface area contributed by atoms with Crippen LogP contribution in [0.15, 0.2) is 122 Å². The maximum Gasteiger partial charge on any atom is 0.259 e. The zero-order valence-corrected chi connectivity index (χ0v) is 37.8. The Labute approximate surface area is 374 Å². The Kier molecular flexibility index (Phi) is 14.4. The summed E-state index contributed by atoms with van der Waals surface area (Å²) in [6.45, 7) is 7.45.